The third-order valence-electron chi connectivity index (χ3n) is 3.62. The van der Waals surface area contributed by atoms with Gasteiger partial charge < -0.3 is 10.0 Å². The Morgan fingerprint density at radius 3 is 2.48 bits per heavy atom. The maximum Gasteiger partial charge on any atom is 0.335 e. The first-order valence-electron chi connectivity index (χ1n) is 6.61. The van der Waals surface area contributed by atoms with E-state index in [1.165, 1.54) is 0 Å². The second-order valence-electron chi connectivity index (χ2n) is 5.14. The van der Waals surface area contributed by atoms with E-state index < -0.39 is 5.97 Å². The number of hydrogen-bond acceptors (Lipinski definition) is 3. The van der Waals surface area contributed by atoms with Gasteiger partial charge in [0.1, 0.15) is 0 Å². The van der Waals surface area contributed by atoms with Crippen molar-refractivity contribution in [2.45, 2.75) is 20.0 Å². The third kappa shape index (κ3) is 2.50. The molecule has 0 spiro atoms. The zero-order chi connectivity index (χ0) is 15.0. The number of benzene rings is 1. The molecule has 1 aliphatic heterocycles. The van der Waals surface area contributed by atoms with Crippen molar-refractivity contribution in [3.63, 3.8) is 0 Å². The highest BCUT2D eigenvalue weighted by atomic mass is 16.4. The first-order chi connectivity index (χ1) is 10.0. The molecule has 21 heavy (non-hydrogen) atoms. The molecule has 3 rings (SSSR count). The minimum atomic E-state index is -0.953. The first kappa shape index (κ1) is 13.3. The molecule has 1 aromatic carbocycles. The fraction of sp³-hybridized carbons (Fsp3) is 0.188. The van der Waals surface area contributed by atoms with Gasteiger partial charge in [-0.1, -0.05) is 6.07 Å². The standard InChI is InChI=1S/C16H14N2O3/c1-10-2-3-12(7-17-10)15(19)18-8-13-5-4-11(16(20)21)6-14(13)9-18/h2-7H,8-9H2,1H3,(H,20,21). The van der Waals surface area contributed by atoms with Crippen LogP contribution in [0.5, 0.6) is 0 Å². The lowest BCUT2D eigenvalue weighted by Crippen LogP contribution is -2.25. The van der Waals surface area contributed by atoms with Crippen molar-refractivity contribution in [2.75, 3.05) is 0 Å². The van der Waals surface area contributed by atoms with Gasteiger partial charge in [-0.05, 0) is 42.3 Å². The van der Waals surface area contributed by atoms with Crippen LogP contribution in [0.4, 0.5) is 0 Å². The van der Waals surface area contributed by atoms with E-state index in [9.17, 15) is 9.59 Å². The highest BCUT2D eigenvalue weighted by Gasteiger charge is 2.25. The van der Waals surface area contributed by atoms with Crippen LogP contribution in [0, 0.1) is 6.92 Å². The van der Waals surface area contributed by atoms with Gasteiger partial charge in [0.2, 0.25) is 0 Å². The van der Waals surface area contributed by atoms with Gasteiger partial charge in [0, 0.05) is 25.0 Å². The highest BCUT2D eigenvalue weighted by Crippen LogP contribution is 2.25. The molecule has 1 N–H and O–H groups in total. The minimum absolute atomic E-state index is 0.0874. The van der Waals surface area contributed by atoms with Crippen LogP contribution in [-0.4, -0.2) is 26.9 Å². The quantitative estimate of drug-likeness (QED) is 0.917. The van der Waals surface area contributed by atoms with Crippen molar-refractivity contribution >= 4 is 11.9 Å². The smallest absolute Gasteiger partial charge is 0.335 e. The van der Waals surface area contributed by atoms with Crippen LogP contribution in [-0.2, 0) is 13.1 Å². The summed E-state index contributed by atoms with van der Waals surface area (Å²) in [7, 11) is 0. The van der Waals surface area contributed by atoms with Gasteiger partial charge in [0.15, 0.2) is 0 Å². The number of hydrogen-bond donors (Lipinski definition) is 1. The number of amides is 1. The summed E-state index contributed by atoms with van der Waals surface area (Å²) in [5.74, 6) is -1.04. The lowest BCUT2D eigenvalue weighted by Gasteiger charge is -2.15. The average molecular weight is 282 g/mol. The zero-order valence-electron chi connectivity index (χ0n) is 11.5. The number of fused-ring (bicyclic) bond motifs is 1. The Balaban J connectivity index is 1.82. The lowest BCUT2D eigenvalue weighted by molar-refractivity contribution is 0.0696. The Kier molecular flexibility index (Phi) is 3.17. The van der Waals surface area contributed by atoms with Crippen LogP contribution in [0.3, 0.4) is 0 Å². The molecular formula is C16H14N2O3. The number of pyridine rings is 1. The summed E-state index contributed by atoms with van der Waals surface area (Å²) in [6.45, 7) is 2.80. The van der Waals surface area contributed by atoms with Crippen molar-refractivity contribution < 1.29 is 14.7 Å². The first-order valence-corrected chi connectivity index (χ1v) is 6.61. The van der Waals surface area contributed by atoms with Crippen LogP contribution in [0.25, 0.3) is 0 Å². The second kappa shape index (κ2) is 5.01. The molecule has 1 aromatic heterocycles. The molecule has 0 saturated heterocycles. The van der Waals surface area contributed by atoms with Gasteiger partial charge in [0.25, 0.3) is 5.91 Å². The maximum absolute atomic E-state index is 12.4. The molecule has 1 aliphatic rings. The Hall–Kier alpha value is -2.69. The summed E-state index contributed by atoms with van der Waals surface area (Å²) in [4.78, 5) is 29.2. The Bertz CT molecular complexity index is 723. The molecule has 0 saturated carbocycles. The number of carbonyl (C=O) groups excluding carboxylic acids is 1. The number of carboxylic acids is 1. The Morgan fingerprint density at radius 2 is 1.81 bits per heavy atom. The van der Waals surface area contributed by atoms with Gasteiger partial charge in [-0.15, -0.1) is 0 Å². The normalized spacial score (nSPS) is 13.1. The third-order valence-corrected chi connectivity index (χ3v) is 3.62. The van der Waals surface area contributed by atoms with E-state index in [4.69, 9.17) is 5.11 Å². The average Bonchev–Trinajstić information content (AvgIpc) is 2.90. The molecule has 0 unspecified atom stereocenters. The van der Waals surface area contributed by atoms with Crippen LogP contribution in [0.1, 0.15) is 37.5 Å². The van der Waals surface area contributed by atoms with Gasteiger partial charge in [0.05, 0.1) is 11.1 Å². The van der Waals surface area contributed by atoms with E-state index >= 15 is 0 Å². The Morgan fingerprint density at radius 1 is 1.10 bits per heavy atom. The number of carbonyl (C=O) groups is 2. The van der Waals surface area contributed by atoms with Crippen molar-refractivity contribution in [1.82, 2.24) is 9.88 Å². The number of rotatable bonds is 2. The SMILES string of the molecule is Cc1ccc(C(=O)N2Cc3ccc(C(=O)O)cc3C2)cn1. The van der Waals surface area contributed by atoms with Gasteiger partial charge in [-0.25, -0.2) is 4.79 Å². The van der Waals surface area contributed by atoms with E-state index in [0.717, 1.165) is 16.8 Å². The monoisotopic (exact) mass is 282 g/mol. The molecule has 1 amide bonds. The molecule has 106 valence electrons. The summed E-state index contributed by atoms with van der Waals surface area (Å²) in [6, 6.07) is 8.55. The largest absolute Gasteiger partial charge is 0.478 e. The Labute approximate surface area is 121 Å². The van der Waals surface area contributed by atoms with Crippen LogP contribution in [0.15, 0.2) is 36.5 Å². The van der Waals surface area contributed by atoms with E-state index in [-0.39, 0.29) is 11.5 Å². The van der Waals surface area contributed by atoms with Gasteiger partial charge in [-0.3, -0.25) is 9.78 Å². The highest BCUT2D eigenvalue weighted by molar-refractivity contribution is 5.94. The molecule has 5 nitrogen and oxygen atoms in total. The summed E-state index contributed by atoms with van der Waals surface area (Å²) < 4.78 is 0. The molecule has 2 aromatic rings. The van der Waals surface area contributed by atoms with Crippen molar-refractivity contribution in [3.8, 4) is 0 Å². The molecule has 0 atom stereocenters. The van der Waals surface area contributed by atoms with Crippen molar-refractivity contribution in [1.29, 1.82) is 0 Å². The molecular weight excluding hydrogens is 268 g/mol. The van der Waals surface area contributed by atoms with Crippen molar-refractivity contribution in [2.24, 2.45) is 0 Å². The fourth-order valence-corrected chi connectivity index (χ4v) is 2.45. The van der Waals surface area contributed by atoms with Crippen LogP contribution in [0.2, 0.25) is 0 Å². The number of aromatic carboxylic acids is 1. The van der Waals surface area contributed by atoms with Gasteiger partial charge in [-0.2, -0.15) is 0 Å². The minimum Gasteiger partial charge on any atom is -0.478 e. The van der Waals surface area contributed by atoms with Crippen LogP contribution < -0.4 is 0 Å². The number of carboxylic acid groups (broad SMARTS) is 1. The molecule has 2 heterocycles. The molecule has 0 bridgehead atoms. The molecule has 5 heteroatoms. The second-order valence-corrected chi connectivity index (χ2v) is 5.14. The summed E-state index contributed by atoms with van der Waals surface area (Å²) in [6.07, 6.45) is 1.57. The number of aryl methyl sites for hydroxylation is 1. The predicted octanol–water partition coefficient (Wildman–Crippen LogP) is 2.24. The number of aromatic nitrogens is 1. The lowest BCUT2D eigenvalue weighted by atomic mass is 10.1. The van der Waals surface area contributed by atoms with E-state index in [1.807, 2.05) is 6.92 Å². The maximum atomic E-state index is 12.4. The van der Waals surface area contributed by atoms with Gasteiger partial charge >= 0.3 is 5.97 Å². The van der Waals surface area contributed by atoms with E-state index in [2.05, 4.69) is 4.98 Å². The zero-order valence-corrected chi connectivity index (χ0v) is 11.5. The topological polar surface area (TPSA) is 70.5 Å². The molecule has 0 radical (unpaired) electrons. The summed E-state index contributed by atoms with van der Waals surface area (Å²) in [5.41, 5.74) is 3.55. The van der Waals surface area contributed by atoms with Crippen LogP contribution >= 0.6 is 0 Å². The van der Waals surface area contributed by atoms with E-state index in [0.29, 0.717) is 18.7 Å². The predicted molar refractivity (Wildman–Crippen MR) is 76.0 cm³/mol. The summed E-state index contributed by atoms with van der Waals surface area (Å²) in [5, 5.41) is 9.01. The molecule has 0 fully saturated rings. The summed E-state index contributed by atoms with van der Waals surface area (Å²) >= 11 is 0. The fourth-order valence-electron chi connectivity index (χ4n) is 2.45. The van der Waals surface area contributed by atoms with Crippen molar-refractivity contribution in [3.05, 3.63) is 64.5 Å². The molecule has 0 aliphatic carbocycles. The number of nitrogens with zero attached hydrogens (tertiary/aromatic N) is 2. The van der Waals surface area contributed by atoms with E-state index in [1.54, 1.807) is 41.4 Å².